The Morgan fingerprint density at radius 3 is 2.27 bits per heavy atom. The standard InChI is InChI=1S/C14H14ClF3O3S/c1-8-6-10(13(22(20)21)4-2-3-5-13)11(14(16,17)18)7-9(8)12(15)19/h6-7H,2-5H2,1H3,(H,20,21). The summed E-state index contributed by atoms with van der Waals surface area (Å²) in [5.41, 5.74) is -1.27. The van der Waals surface area contributed by atoms with Crippen molar-refractivity contribution in [3.05, 3.63) is 34.4 Å². The quantitative estimate of drug-likeness (QED) is 0.647. The minimum Gasteiger partial charge on any atom is -0.305 e. The molecule has 0 saturated heterocycles. The number of halogens is 4. The maximum absolute atomic E-state index is 13.4. The fraction of sp³-hybridized carbons (Fsp3) is 0.500. The molecule has 1 unspecified atom stereocenters. The smallest absolute Gasteiger partial charge is 0.305 e. The lowest BCUT2D eigenvalue weighted by atomic mass is 9.88. The van der Waals surface area contributed by atoms with Gasteiger partial charge >= 0.3 is 6.18 Å². The van der Waals surface area contributed by atoms with Crippen molar-refractivity contribution in [1.82, 2.24) is 0 Å². The molecule has 2 rings (SSSR count). The minimum atomic E-state index is -4.74. The average Bonchev–Trinajstić information content (AvgIpc) is 2.86. The number of aryl methyl sites for hydroxylation is 1. The van der Waals surface area contributed by atoms with Crippen LogP contribution in [0, 0.1) is 6.92 Å². The van der Waals surface area contributed by atoms with Crippen LogP contribution in [0.2, 0.25) is 0 Å². The van der Waals surface area contributed by atoms with Crippen LogP contribution in [0.15, 0.2) is 12.1 Å². The molecular formula is C14H14ClF3O3S. The first kappa shape index (κ1) is 17.4. The van der Waals surface area contributed by atoms with Gasteiger partial charge in [0.2, 0.25) is 0 Å². The zero-order chi connectivity index (χ0) is 16.7. The third-order valence-electron chi connectivity index (χ3n) is 4.12. The summed E-state index contributed by atoms with van der Waals surface area (Å²) in [6.07, 6.45) is -3.17. The third kappa shape index (κ3) is 2.94. The topological polar surface area (TPSA) is 54.4 Å². The molecule has 0 spiro atoms. The van der Waals surface area contributed by atoms with E-state index in [0.717, 1.165) is 0 Å². The summed E-state index contributed by atoms with van der Waals surface area (Å²) in [5, 5.41) is -0.986. The van der Waals surface area contributed by atoms with Crippen LogP contribution >= 0.6 is 11.6 Å². The summed E-state index contributed by atoms with van der Waals surface area (Å²) in [7, 11) is 0. The molecule has 0 amide bonds. The van der Waals surface area contributed by atoms with E-state index in [-0.39, 0.29) is 29.5 Å². The Hall–Kier alpha value is -0.920. The van der Waals surface area contributed by atoms with Crippen molar-refractivity contribution in [2.24, 2.45) is 0 Å². The largest absolute Gasteiger partial charge is 0.416 e. The van der Waals surface area contributed by atoms with E-state index >= 15 is 0 Å². The lowest BCUT2D eigenvalue weighted by Gasteiger charge is -2.29. The summed E-state index contributed by atoms with van der Waals surface area (Å²) in [5.74, 6) is 0. The van der Waals surface area contributed by atoms with Gasteiger partial charge in [-0.05, 0) is 48.6 Å². The van der Waals surface area contributed by atoms with Crippen molar-refractivity contribution >= 4 is 27.9 Å². The molecule has 1 aliphatic carbocycles. The summed E-state index contributed by atoms with van der Waals surface area (Å²) in [6, 6.07) is 1.87. The molecule has 0 heterocycles. The first-order valence-electron chi connectivity index (χ1n) is 6.63. The van der Waals surface area contributed by atoms with Gasteiger partial charge < -0.3 is 4.55 Å². The monoisotopic (exact) mass is 354 g/mol. The number of hydrogen-bond acceptors (Lipinski definition) is 2. The van der Waals surface area contributed by atoms with Gasteiger partial charge in [0.15, 0.2) is 11.1 Å². The van der Waals surface area contributed by atoms with Crippen molar-refractivity contribution in [3.63, 3.8) is 0 Å². The summed E-state index contributed by atoms with van der Waals surface area (Å²) < 4.78 is 60.1. The molecule has 0 bridgehead atoms. The average molecular weight is 355 g/mol. The molecule has 1 aromatic carbocycles. The second-order valence-corrected chi connectivity index (χ2v) is 7.06. The molecule has 1 N–H and O–H groups in total. The number of carbonyl (C=O) groups excluding carboxylic acids is 1. The molecule has 1 saturated carbocycles. The van der Waals surface area contributed by atoms with Gasteiger partial charge in [-0.1, -0.05) is 18.9 Å². The highest BCUT2D eigenvalue weighted by Crippen LogP contribution is 2.48. The van der Waals surface area contributed by atoms with Gasteiger partial charge in [0.05, 0.1) is 10.3 Å². The molecule has 1 aromatic rings. The molecule has 1 atom stereocenters. The Bertz CT molecular complexity index is 637. The Balaban J connectivity index is 2.77. The second kappa shape index (κ2) is 5.94. The predicted molar refractivity (Wildman–Crippen MR) is 77.3 cm³/mol. The summed E-state index contributed by atoms with van der Waals surface area (Å²) in [4.78, 5) is 11.3. The maximum Gasteiger partial charge on any atom is 0.416 e. The zero-order valence-corrected chi connectivity index (χ0v) is 13.2. The van der Waals surface area contributed by atoms with Crippen molar-refractivity contribution in [2.45, 2.75) is 43.5 Å². The third-order valence-corrected chi connectivity index (χ3v) is 5.62. The summed E-state index contributed by atoms with van der Waals surface area (Å²) in [6.45, 7) is 1.46. The number of hydrogen-bond donors (Lipinski definition) is 1. The number of carbonyl (C=O) groups is 1. The second-order valence-electron chi connectivity index (χ2n) is 5.43. The van der Waals surface area contributed by atoms with E-state index in [0.29, 0.717) is 18.9 Å². The molecule has 8 heteroatoms. The zero-order valence-electron chi connectivity index (χ0n) is 11.7. The SMILES string of the molecule is Cc1cc(C2(S(=O)O)CCCC2)c(C(F)(F)F)cc1C(=O)Cl. The van der Waals surface area contributed by atoms with Gasteiger partial charge in [-0.2, -0.15) is 13.2 Å². The van der Waals surface area contributed by atoms with Gasteiger partial charge in [-0.15, -0.1) is 0 Å². The van der Waals surface area contributed by atoms with Crippen molar-refractivity contribution in [2.75, 3.05) is 0 Å². The molecule has 0 aliphatic heterocycles. The normalized spacial score (nSPS) is 19.2. The van der Waals surface area contributed by atoms with Gasteiger partial charge in [-0.25, -0.2) is 4.21 Å². The molecule has 0 aromatic heterocycles. The van der Waals surface area contributed by atoms with Crippen LogP contribution in [0.25, 0.3) is 0 Å². The fourth-order valence-corrected chi connectivity index (χ4v) is 4.21. The molecule has 1 aliphatic rings. The van der Waals surface area contributed by atoms with E-state index in [1.165, 1.54) is 13.0 Å². The Morgan fingerprint density at radius 2 is 1.86 bits per heavy atom. The lowest BCUT2D eigenvalue weighted by molar-refractivity contribution is -0.138. The highest BCUT2D eigenvalue weighted by molar-refractivity contribution is 7.80. The molecule has 122 valence electrons. The van der Waals surface area contributed by atoms with E-state index < -0.39 is 32.8 Å². The highest BCUT2D eigenvalue weighted by Gasteiger charge is 2.47. The van der Waals surface area contributed by atoms with Gasteiger partial charge in [0.1, 0.15) is 0 Å². The van der Waals surface area contributed by atoms with Gasteiger partial charge in [-0.3, -0.25) is 4.79 Å². The number of alkyl halides is 3. The Labute approximate surface area is 133 Å². The van der Waals surface area contributed by atoms with E-state index in [4.69, 9.17) is 11.6 Å². The van der Waals surface area contributed by atoms with Crippen LogP contribution < -0.4 is 0 Å². The highest BCUT2D eigenvalue weighted by atomic mass is 35.5. The number of rotatable bonds is 3. The van der Waals surface area contributed by atoms with Crippen LogP contribution in [0.1, 0.15) is 52.7 Å². The van der Waals surface area contributed by atoms with Crippen LogP contribution in [-0.4, -0.2) is 14.0 Å². The first-order chi connectivity index (χ1) is 10.1. The van der Waals surface area contributed by atoms with E-state index in [9.17, 15) is 26.7 Å². The summed E-state index contributed by atoms with van der Waals surface area (Å²) >= 11 is 2.89. The van der Waals surface area contributed by atoms with E-state index in [1.807, 2.05) is 0 Å². The van der Waals surface area contributed by atoms with Crippen molar-refractivity contribution in [3.8, 4) is 0 Å². The van der Waals surface area contributed by atoms with Crippen LogP contribution in [0.5, 0.6) is 0 Å². The van der Waals surface area contributed by atoms with Crippen molar-refractivity contribution < 1.29 is 26.7 Å². The first-order valence-corrected chi connectivity index (χ1v) is 8.11. The Kier molecular flexibility index (Phi) is 4.71. The molecular weight excluding hydrogens is 341 g/mol. The maximum atomic E-state index is 13.4. The minimum absolute atomic E-state index is 0.201. The van der Waals surface area contributed by atoms with Crippen LogP contribution in [0.3, 0.4) is 0 Å². The van der Waals surface area contributed by atoms with Crippen LogP contribution in [0.4, 0.5) is 13.2 Å². The fourth-order valence-electron chi connectivity index (χ4n) is 3.02. The molecule has 1 fully saturated rings. The van der Waals surface area contributed by atoms with E-state index in [2.05, 4.69) is 0 Å². The molecule has 22 heavy (non-hydrogen) atoms. The van der Waals surface area contributed by atoms with Crippen LogP contribution in [-0.2, 0) is 22.0 Å². The lowest BCUT2D eigenvalue weighted by Crippen LogP contribution is -2.31. The van der Waals surface area contributed by atoms with Crippen molar-refractivity contribution in [1.29, 1.82) is 0 Å². The molecule has 3 nitrogen and oxygen atoms in total. The molecule has 0 radical (unpaired) electrons. The van der Waals surface area contributed by atoms with E-state index in [1.54, 1.807) is 0 Å². The number of benzene rings is 1. The predicted octanol–water partition coefficient (Wildman–Crippen LogP) is 4.38. The van der Waals surface area contributed by atoms with Gasteiger partial charge in [0, 0.05) is 5.56 Å². The van der Waals surface area contributed by atoms with Gasteiger partial charge in [0.25, 0.3) is 5.24 Å². The Morgan fingerprint density at radius 1 is 1.32 bits per heavy atom.